The molecule has 2 rings (SSSR count). The summed E-state index contributed by atoms with van der Waals surface area (Å²) in [4.78, 5) is 22.7. The number of amides is 1. The molecule has 116 valence electrons. The van der Waals surface area contributed by atoms with E-state index >= 15 is 0 Å². The van der Waals surface area contributed by atoms with Crippen LogP contribution in [0.1, 0.15) is 74.0 Å². The molecule has 1 heterocycles. The van der Waals surface area contributed by atoms with Crippen molar-refractivity contribution in [3.63, 3.8) is 0 Å². The van der Waals surface area contributed by atoms with Gasteiger partial charge in [0.15, 0.2) is 0 Å². The van der Waals surface area contributed by atoms with Gasteiger partial charge in [-0.1, -0.05) is 6.92 Å². The van der Waals surface area contributed by atoms with Crippen LogP contribution in [-0.4, -0.2) is 33.3 Å². The molecule has 0 radical (unpaired) electrons. The number of aromatic nitrogens is 2. The van der Waals surface area contributed by atoms with E-state index in [9.17, 15) is 9.59 Å². The second kappa shape index (κ2) is 6.74. The molecule has 6 nitrogen and oxygen atoms in total. The van der Waals surface area contributed by atoms with Gasteiger partial charge in [-0.3, -0.25) is 14.3 Å². The van der Waals surface area contributed by atoms with Crippen molar-refractivity contribution < 1.29 is 14.7 Å². The summed E-state index contributed by atoms with van der Waals surface area (Å²) < 4.78 is 1.98. The largest absolute Gasteiger partial charge is 0.481 e. The minimum Gasteiger partial charge on any atom is -0.481 e. The van der Waals surface area contributed by atoms with Gasteiger partial charge < -0.3 is 10.4 Å². The summed E-state index contributed by atoms with van der Waals surface area (Å²) in [5, 5.41) is 15.8. The number of rotatable bonds is 8. The van der Waals surface area contributed by atoms with Crippen molar-refractivity contribution in [3.8, 4) is 0 Å². The first kappa shape index (κ1) is 15.5. The number of carbonyl (C=O) groups excluding carboxylic acids is 1. The van der Waals surface area contributed by atoms with Gasteiger partial charge in [0.2, 0.25) is 0 Å². The first-order valence-corrected chi connectivity index (χ1v) is 7.62. The lowest BCUT2D eigenvalue weighted by molar-refractivity contribution is -0.137. The molecule has 0 spiro atoms. The number of nitrogens with one attached hydrogen (secondary N) is 1. The van der Waals surface area contributed by atoms with Gasteiger partial charge in [-0.15, -0.1) is 0 Å². The molecule has 1 unspecified atom stereocenters. The van der Waals surface area contributed by atoms with Crippen LogP contribution in [0.2, 0.25) is 0 Å². The quantitative estimate of drug-likeness (QED) is 0.720. The number of carboxylic acid groups (broad SMARTS) is 1. The molecule has 6 heteroatoms. The maximum absolute atomic E-state index is 12.3. The molecule has 0 bridgehead atoms. The molecular weight excluding hydrogens is 270 g/mol. The van der Waals surface area contributed by atoms with Crippen molar-refractivity contribution in [2.24, 2.45) is 0 Å². The highest BCUT2D eigenvalue weighted by molar-refractivity contribution is 5.95. The zero-order valence-corrected chi connectivity index (χ0v) is 12.6. The number of nitrogens with zero attached hydrogens (tertiary/aromatic N) is 2. The van der Waals surface area contributed by atoms with E-state index in [0.29, 0.717) is 24.4 Å². The van der Waals surface area contributed by atoms with Crippen LogP contribution in [0, 0.1) is 0 Å². The Balaban J connectivity index is 2.03. The van der Waals surface area contributed by atoms with Crippen LogP contribution >= 0.6 is 0 Å². The van der Waals surface area contributed by atoms with E-state index in [4.69, 9.17) is 5.11 Å². The van der Waals surface area contributed by atoms with Crippen molar-refractivity contribution >= 4 is 11.9 Å². The van der Waals surface area contributed by atoms with E-state index in [1.54, 1.807) is 6.20 Å². The van der Waals surface area contributed by atoms with Gasteiger partial charge in [0.1, 0.15) is 0 Å². The van der Waals surface area contributed by atoms with Crippen LogP contribution < -0.4 is 5.32 Å². The van der Waals surface area contributed by atoms with Crippen LogP contribution in [0.4, 0.5) is 0 Å². The smallest absolute Gasteiger partial charge is 0.303 e. The van der Waals surface area contributed by atoms with Crippen LogP contribution in [0.3, 0.4) is 0 Å². The lowest BCUT2D eigenvalue weighted by Gasteiger charge is -2.14. The summed E-state index contributed by atoms with van der Waals surface area (Å²) in [5.74, 6) is -0.536. The highest BCUT2D eigenvalue weighted by Gasteiger charge is 2.33. The second-order valence-electron chi connectivity index (χ2n) is 5.67. The summed E-state index contributed by atoms with van der Waals surface area (Å²) >= 11 is 0. The third-order valence-electron chi connectivity index (χ3n) is 3.90. The topological polar surface area (TPSA) is 84.2 Å². The van der Waals surface area contributed by atoms with E-state index in [-0.39, 0.29) is 18.4 Å². The highest BCUT2D eigenvalue weighted by Crippen LogP contribution is 2.42. The zero-order chi connectivity index (χ0) is 15.4. The van der Waals surface area contributed by atoms with E-state index in [2.05, 4.69) is 24.3 Å². The van der Waals surface area contributed by atoms with Gasteiger partial charge in [0.05, 0.1) is 17.5 Å². The van der Waals surface area contributed by atoms with Crippen molar-refractivity contribution in [1.29, 1.82) is 0 Å². The lowest BCUT2D eigenvalue weighted by Crippen LogP contribution is -2.26. The van der Waals surface area contributed by atoms with Crippen LogP contribution in [0.25, 0.3) is 0 Å². The van der Waals surface area contributed by atoms with Crippen molar-refractivity contribution in [1.82, 2.24) is 15.1 Å². The Morgan fingerprint density at radius 1 is 1.52 bits per heavy atom. The van der Waals surface area contributed by atoms with Gasteiger partial charge in [-0.2, -0.15) is 5.10 Å². The third kappa shape index (κ3) is 3.83. The standard InChI is InChI=1S/C15H23N3O3/c1-3-10(2)18-14(11-6-7-11)12(9-17-18)15(21)16-8-4-5-13(19)20/h9-11H,3-8H2,1-2H3,(H,16,21)(H,19,20). The molecule has 1 aliphatic carbocycles. The van der Waals surface area contributed by atoms with E-state index in [0.717, 1.165) is 25.0 Å². The third-order valence-corrected chi connectivity index (χ3v) is 3.90. The molecule has 0 aliphatic heterocycles. The van der Waals surface area contributed by atoms with E-state index in [1.165, 1.54) is 0 Å². The fraction of sp³-hybridized carbons (Fsp3) is 0.667. The van der Waals surface area contributed by atoms with Crippen LogP contribution in [0.5, 0.6) is 0 Å². The molecule has 1 aromatic heterocycles. The van der Waals surface area contributed by atoms with E-state index < -0.39 is 5.97 Å². The Morgan fingerprint density at radius 3 is 2.81 bits per heavy atom. The monoisotopic (exact) mass is 293 g/mol. The summed E-state index contributed by atoms with van der Waals surface area (Å²) in [6.45, 7) is 4.59. The molecule has 1 fully saturated rings. The minimum absolute atomic E-state index is 0.0713. The number of aliphatic carboxylic acids is 1. The maximum Gasteiger partial charge on any atom is 0.303 e. The Bertz CT molecular complexity index is 520. The Hall–Kier alpha value is -1.85. The molecule has 1 aliphatic rings. The maximum atomic E-state index is 12.3. The number of hydrogen-bond donors (Lipinski definition) is 2. The highest BCUT2D eigenvalue weighted by atomic mass is 16.4. The fourth-order valence-electron chi connectivity index (χ4n) is 2.37. The first-order valence-electron chi connectivity index (χ1n) is 7.62. The summed E-state index contributed by atoms with van der Waals surface area (Å²) in [5.41, 5.74) is 1.69. The number of carboxylic acids is 1. The molecule has 21 heavy (non-hydrogen) atoms. The van der Waals surface area contributed by atoms with Crippen molar-refractivity contribution in [3.05, 3.63) is 17.5 Å². The lowest BCUT2D eigenvalue weighted by atomic mass is 10.1. The molecule has 1 atom stereocenters. The normalized spacial score (nSPS) is 15.7. The van der Waals surface area contributed by atoms with Gasteiger partial charge in [0.25, 0.3) is 5.91 Å². The van der Waals surface area contributed by atoms with Gasteiger partial charge in [0, 0.05) is 24.9 Å². The molecule has 1 saturated carbocycles. The fourth-order valence-corrected chi connectivity index (χ4v) is 2.37. The average Bonchev–Trinajstić information content (AvgIpc) is 3.20. The molecule has 0 saturated heterocycles. The predicted octanol–water partition coefficient (Wildman–Crippen LogP) is 2.33. The van der Waals surface area contributed by atoms with Gasteiger partial charge in [-0.05, 0) is 32.6 Å². The molecule has 0 aromatic carbocycles. The van der Waals surface area contributed by atoms with Gasteiger partial charge in [-0.25, -0.2) is 0 Å². The predicted molar refractivity (Wildman–Crippen MR) is 78.4 cm³/mol. The van der Waals surface area contributed by atoms with Crippen LogP contribution in [0.15, 0.2) is 6.20 Å². The second-order valence-corrected chi connectivity index (χ2v) is 5.67. The Labute approximate surface area is 124 Å². The Morgan fingerprint density at radius 2 is 2.24 bits per heavy atom. The zero-order valence-electron chi connectivity index (χ0n) is 12.6. The molecule has 2 N–H and O–H groups in total. The van der Waals surface area contributed by atoms with Gasteiger partial charge >= 0.3 is 5.97 Å². The Kier molecular flexibility index (Phi) is 4.98. The molecule has 1 amide bonds. The summed E-state index contributed by atoms with van der Waals surface area (Å²) in [7, 11) is 0. The summed E-state index contributed by atoms with van der Waals surface area (Å²) in [6.07, 6.45) is 5.36. The number of carbonyl (C=O) groups is 2. The summed E-state index contributed by atoms with van der Waals surface area (Å²) in [6, 6.07) is 0.286. The van der Waals surface area contributed by atoms with Crippen molar-refractivity contribution in [2.75, 3.05) is 6.54 Å². The minimum atomic E-state index is -0.840. The van der Waals surface area contributed by atoms with Crippen LogP contribution in [-0.2, 0) is 4.79 Å². The molecular formula is C15H23N3O3. The van der Waals surface area contributed by atoms with Crippen molar-refractivity contribution in [2.45, 2.75) is 57.9 Å². The SMILES string of the molecule is CCC(C)n1ncc(C(=O)NCCCC(=O)O)c1C1CC1. The van der Waals surface area contributed by atoms with E-state index in [1.807, 2.05) is 4.68 Å². The number of hydrogen-bond acceptors (Lipinski definition) is 3. The average molecular weight is 293 g/mol. The first-order chi connectivity index (χ1) is 10.0. The molecule has 1 aromatic rings.